The smallest absolute Gasteiger partial charge is 0.327 e. The lowest BCUT2D eigenvalue weighted by atomic mass is 10.0. The minimum absolute atomic E-state index is 0.183. The molecule has 2 rings (SSSR count). The van der Waals surface area contributed by atoms with Gasteiger partial charge in [-0.2, -0.15) is 0 Å². The normalized spacial score (nSPS) is 20.3. The largest absolute Gasteiger partial charge is 0.328 e. The second-order valence-electron chi connectivity index (χ2n) is 7.07. The number of carbonyl (C=O) groups is 1. The molecule has 1 unspecified atom stereocenters. The van der Waals surface area contributed by atoms with Gasteiger partial charge >= 0.3 is 8.60 Å². The average molecular weight is 382 g/mol. The topological polar surface area (TPSA) is 96.0 Å². The Balaban J connectivity index is 1.83. The van der Waals surface area contributed by atoms with Crippen LogP contribution in [0.1, 0.15) is 57.4 Å². The molecule has 6 nitrogen and oxygen atoms in total. The van der Waals surface area contributed by atoms with Crippen molar-refractivity contribution in [3.8, 4) is 0 Å². The Kier molecular flexibility index (Phi) is 8.45. The van der Waals surface area contributed by atoms with Crippen LogP contribution in [0, 0.1) is 0 Å². The number of hydrogen-bond donors (Lipinski definition) is 3. The number of nitrogens with two attached hydrogens (primary N) is 1. The molecule has 0 aromatic heterocycles. The summed E-state index contributed by atoms with van der Waals surface area (Å²) in [6.45, 7) is 2.55. The SMILES string of the molecule is CCCCCCCCc1ccc(N2CCC(N)(COP(O)O)C2=O)cc1. The van der Waals surface area contributed by atoms with Crippen molar-refractivity contribution in [3.05, 3.63) is 29.8 Å². The Hall–Kier alpha value is -1.04. The first-order valence-corrected chi connectivity index (χ1v) is 10.6. The van der Waals surface area contributed by atoms with Gasteiger partial charge in [-0.15, -0.1) is 0 Å². The van der Waals surface area contributed by atoms with E-state index in [4.69, 9.17) is 20.0 Å². The van der Waals surface area contributed by atoms with Crippen LogP contribution in [0.4, 0.5) is 5.69 Å². The molecule has 0 radical (unpaired) electrons. The van der Waals surface area contributed by atoms with Crippen molar-refractivity contribution in [1.29, 1.82) is 0 Å². The molecule has 1 heterocycles. The molecule has 1 aromatic carbocycles. The lowest BCUT2D eigenvalue weighted by Gasteiger charge is -2.23. The first-order chi connectivity index (χ1) is 12.5. The van der Waals surface area contributed by atoms with Crippen molar-refractivity contribution in [2.75, 3.05) is 18.1 Å². The van der Waals surface area contributed by atoms with Gasteiger partial charge in [-0.05, 0) is 37.0 Å². The molecule has 1 aromatic rings. The monoisotopic (exact) mass is 382 g/mol. The van der Waals surface area contributed by atoms with Gasteiger partial charge in [0.15, 0.2) is 0 Å². The number of aryl methyl sites for hydroxylation is 1. The number of unbranched alkanes of at least 4 members (excludes halogenated alkanes) is 5. The molecule has 4 N–H and O–H groups in total. The van der Waals surface area contributed by atoms with Gasteiger partial charge in [-0.3, -0.25) is 4.79 Å². The minimum Gasteiger partial charge on any atom is -0.328 e. The predicted molar refractivity (Wildman–Crippen MR) is 105 cm³/mol. The Morgan fingerprint density at radius 2 is 1.81 bits per heavy atom. The number of amides is 1. The molecule has 1 aliphatic heterocycles. The second-order valence-corrected chi connectivity index (χ2v) is 7.84. The van der Waals surface area contributed by atoms with Crippen molar-refractivity contribution in [1.82, 2.24) is 0 Å². The van der Waals surface area contributed by atoms with Crippen LogP contribution < -0.4 is 10.6 Å². The third-order valence-corrected chi connectivity index (χ3v) is 5.32. The van der Waals surface area contributed by atoms with E-state index in [0.29, 0.717) is 13.0 Å². The third kappa shape index (κ3) is 6.00. The predicted octanol–water partition coefficient (Wildman–Crippen LogP) is 3.25. The zero-order chi connectivity index (χ0) is 19.0. The first-order valence-electron chi connectivity index (χ1n) is 9.47. The fourth-order valence-electron chi connectivity index (χ4n) is 3.29. The summed E-state index contributed by atoms with van der Waals surface area (Å²) in [4.78, 5) is 32.0. The average Bonchev–Trinajstić information content (AvgIpc) is 2.93. The van der Waals surface area contributed by atoms with Gasteiger partial charge in [0, 0.05) is 12.2 Å². The Labute approximate surface area is 157 Å². The molecule has 0 bridgehead atoms. The summed E-state index contributed by atoms with van der Waals surface area (Å²) in [7, 11) is -2.50. The standard InChI is InChI=1S/C19H31N2O4P/c1-2-3-4-5-6-7-8-16-9-11-17(12-10-16)21-14-13-19(20,18(21)22)15-25-26(23)24/h9-12,23-24H,2-8,13-15,20H2,1H3. The van der Waals surface area contributed by atoms with Crippen molar-refractivity contribution in [2.24, 2.45) is 5.73 Å². The molecule has 7 heteroatoms. The van der Waals surface area contributed by atoms with Gasteiger partial charge in [-0.1, -0.05) is 51.2 Å². The fourth-order valence-corrected chi connectivity index (χ4v) is 3.64. The van der Waals surface area contributed by atoms with Crippen LogP contribution in [0.25, 0.3) is 0 Å². The van der Waals surface area contributed by atoms with Gasteiger partial charge in [0.1, 0.15) is 5.54 Å². The van der Waals surface area contributed by atoms with E-state index >= 15 is 0 Å². The highest BCUT2D eigenvalue weighted by Crippen LogP contribution is 2.32. The number of benzene rings is 1. The maximum atomic E-state index is 12.6. The van der Waals surface area contributed by atoms with E-state index in [9.17, 15) is 4.79 Å². The van der Waals surface area contributed by atoms with E-state index in [-0.39, 0.29) is 12.5 Å². The summed E-state index contributed by atoms with van der Waals surface area (Å²) >= 11 is 0. The van der Waals surface area contributed by atoms with Crippen LogP contribution in [-0.4, -0.2) is 34.4 Å². The lowest BCUT2D eigenvalue weighted by Crippen LogP contribution is -2.51. The van der Waals surface area contributed by atoms with Crippen LogP contribution in [0.2, 0.25) is 0 Å². The molecule has 146 valence electrons. The van der Waals surface area contributed by atoms with Crippen molar-refractivity contribution >= 4 is 20.2 Å². The maximum absolute atomic E-state index is 12.6. The second kappa shape index (κ2) is 10.3. The van der Waals surface area contributed by atoms with Crippen LogP contribution in [0.5, 0.6) is 0 Å². The molecule has 26 heavy (non-hydrogen) atoms. The van der Waals surface area contributed by atoms with Crippen LogP contribution in [-0.2, 0) is 15.7 Å². The molecule has 1 amide bonds. The summed E-state index contributed by atoms with van der Waals surface area (Å²) < 4.78 is 4.79. The van der Waals surface area contributed by atoms with Crippen LogP contribution in [0.15, 0.2) is 24.3 Å². The number of carbonyl (C=O) groups excluding carboxylic acids is 1. The summed E-state index contributed by atoms with van der Waals surface area (Å²) in [6, 6.07) is 8.06. The quantitative estimate of drug-likeness (QED) is 0.403. The Bertz CT molecular complexity index is 567. The van der Waals surface area contributed by atoms with E-state index < -0.39 is 14.1 Å². The summed E-state index contributed by atoms with van der Waals surface area (Å²) in [5.74, 6) is -0.238. The molecular formula is C19H31N2O4P. The van der Waals surface area contributed by atoms with Crippen molar-refractivity contribution < 1.29 is 19.1 Å². The highest BCUT2D eigenvalue weighted by atomic mass is 31.2. The number of nitrogens with zero attached hydrogens (tertiary/aromatic N) is 1. The Morgan fingerprint density at radius 3 is 2.46 bits per heavy atom. The van der Waals surface area contributed by atoms with Gasteiger partial charge in [0.05, 0.1) is 6.61 Å². The van der Waals surface area contributed by atoms with Crippen LogP contribution >= 0.6 is 8.60 Å². The Morgan fingerprint density at radius 1 is 1.15 bits per heavy atom. The van der Waals surface area contributed by atoms with Gasteiger partial charge in [0.25, 0.3) is 0 Å². The van der Waals surface area contributed by atoms with E-state index in [1.165, 1.54) is 44.1 Å². The summed E-state index contributed by atoms with van der Waals surface area (Å²) in [5.41, 5.74) is 7.01. The maximum Gasteiger partial charge on any atom is 0.327 e. The van der Waals surface area contributed by atoms with Crippen molar-refractivity contribution in [3.63, 3.8) is 0 Å². The van der Waals surface area contributed by atoms with E-state index in [1.807, 2.05) is 12.1 Å². The highest BCUT2D eigenvalue weighted by Gasteiger charge is 2.44. The molecular weight excluding hydrogens is 351 g/mol. The van der Waals surface area contributed by atoms with E-state index in [0.717, 1.165) is 12.1 Å². The third-order valence-electron chi connectivity index (χ3n) is 4.96. The minimum atomic E-state index is -2.50. The highest BCUT2D eigenvalue weighted by molar-refractivity contribution is 7.39. The molecule has 1 fully saturated rings. The number of rotatable bonds is 11. The number of anilines is 1. The van der Waals surface area contributed by atoms with E-state index in [2.05, 4.69) is 19.1 Å². The van der Waals surface area contributed by atoms with E-state index in [1.54, 1.807) is 4.90 Å². The molecule has 0 aliphatic carbocycles. The van der Waals surface area contributed by atoms with Gasteiger partial charge < -0.3 is 24.9 Å². The van der Waals surface area contributed by atoms with Gasteiger partial charge in [-0.25, -0.2) is 0 Å². The van der Waals surface area contributed by atoms with Crippen molar-refractivity contribution in [2.45, 2.75) is 63.8 Å². The zero-order valence-electron chi connectivity index (χ0n) is 15.6. The van der Waals surface area contributed by atoms with Crippen LogP contribution in [0.3, 0.4) is 0 Å². The molecule has 0 spiro atoms. The lowest BCUT2D eigenvalue weighted by molar-refractivity contribution is -0.122. The zero-order valence-corrected chi connectivity index (χ0v) is 16.5. The molecule has 1 saturated heterocycles. The number of hydrogen-bond acceptors (Lipinski definition) is 5. The van der Waals surface area contributed by atoms with Gasteiger partial charge in [0.2, 0.25) is 5.91 Å². The molecule has 1 atom stereocenters. The summed E-state index contributed by atoms with van der Waals surface area (Å²) in [5, 5.41) is 0. The molecule has 0 saturated carbocycles. The summed E-state index contributed by atoms with van der Waals surface area (Å²) in [6.07, 6.45) is 9.17. The first kappa shape index (κ1) is 21.3. The molecule has 1 aliphatic rings. The fraction of sp³-hybridized carbons (Fsp3) is 0.632.